The van der Waals surface area contributed by atoms with E-state index in [1.165, 1.54) is 27.7 Å². The van der Waals surface area contributed by atoms with Crippen molar-refractivity contribution in [2.45, 2.75) is 19.3 Å². The van der Waals surface area contributed by atoms with Crippen LogP contribution in [-0.2, 0) is 6.42 Å². The zero-order chi connectivity index (χ0) is 20.5. The number of hydrogen-bond donors (Lipinski definition) is 1. The molecular weight excluding hydrogens is 368 g/mol. The van der Waals surface area contributed by atoms with Crippen LogP contribution < -0.4 is 10.5 Å². The van der Waals surface area contributed by atoms with E-state index in [2.05, 4.69) is 0 Å². The first kappa shape index (κ1) is 18.7. The minimum atomic E-state index is -0.508. The van der Waals surface area contributed by atoms with Gasteiger partial charge in [-0.3, -0.25) is 19.0 Å². The number of carbonyl (C=O) groups is 2. The van der Waals surface area contributed by atoms with Gasteiger partial charge in [0.1, 0.15) is 11.3 Å². The molecule has 1 amide bonds. The van der Waals surface area contributed by atoms with Crippen LogP contribution in [0.15, 0.2) is 65.5 Å². The van der Waals surface area contributed by atoms with E-state index in [4.69, 9.17) is 0 Å². The van der Waals surface area contributed by atoms with Gasteiger partial charge >= 0.3 is 0 Å². The summed E-state index contributed by atoms with van der Waals surface area (Å²) < 4.78 is 1.49. The van der Waals surface area contributed by atoms with E-state index in [0.717, 1.165) is 0 Å². The average Bonchev–Trinajstić information content (AvgIpc) is 2.74. The predicted octanol–water partition coefficient (Wildman–Crippen LogP) is 3.34. The SMILES string of the molecule is CN(C(=O)c1cc2c(n(-c3ccccc3)c1=O)CCCC2=O)c1ccc(O)cc1. The third-order valence-corrected chi connectivity index (χ3v) is 5.21. The molecule has 146 valence electrons. The summed E-state index contributed by atoms with van der Waals surface area (Å²) >= 11 is 0. The second kappa shape index (κ2) is 7.39. The van der Waals surface area contributed by atoms with E-state index < -0.39 is 11.5 Å². The lowest BCUT2D eigenvalue weighted by Crippen LogP contribution is -2.37. The number of rotatable bonds is 3. The van der Waals surface area contributed by atoms with Crippen LogP contribution in [0.1, 0.15) is 39.3 Å². The summed E-state index contributed by atoms with van der Waals surface area (Å²) in [7, 11) is 1.56. The Morgan fingerprint density at radius 3 is 2.38 bits per heavy atom. The number of fused-ring (bicyclic) bond motifs is 1. The molecule has 2 aromatic carbocycles. The number of pyridine rings is 1. The Morgan fingerprint density at radius 1 is 1.00 bits per heavy atom. The number of amides is 1. The Morgan fingerprint density at radius 2 is 1.69 bits per heavy atom. The normalized spacial score (nSPS) is 13.1. The fraction of sp³-hybridized carbons (Fsp3) is 0.174. The van der Waals surface area contributed by atoms with Crippen molar-refractivity contribution in [2.24, 2.45) is 0 Å². The number of anilines is 1. The maximum Gasteiger partial charge on any atom is 0.268 e. The van der Waals surface area contributed by atoms with Gasteiger partial charge in [0.25, 0.3) is 11.5 Å². The zero-order valence-electron chi connectivity index (χ0n) is 16.0. The maximum atomic E-state index is 13.3. The number of ketones is 1. The van der Waals surface area contributed by atoms with Crippen LogP contribution in [0, 0.1) is 0 Å². The molecule has 0 radical (unpaired) electrons. The summed E-state index contributed by atoms with van der Waals surface area (Å²) in [5, 5.41) is 9.47. The van der Waals surface area contributed by atoms with Crippen LogP contribution in [0.3, 0.4) is 0 Å². The van der Waals surface area contributed by atoms with Crippen molar-refractivity contribution in [3.8, 4) is 11.4 Å². The lowest BCUT2D eigenvalue weighted by atomic mass is 9.92. The van der Waals surface area contributed by atoms with Gasteiger partial charge < -0.3 is 10.0 Å². The van der Waals surface area contributed by atoms with E-state index in [1.807, 2.05) is 18.2 Å². The van der Waals surface area contributed by atoms with Gasteiger partial charge in [0.05, 0.1) is 0 Å². The number of aromatic nitrogens is 1. The molecule has 3 aromatic rings. The van der Waals surface area contributed by atoms with E-state index in [1.54, 1.807) is 31.3 Å². The van der Waals surface area contributed by atoms with Crippen molar-refractivity contribution >= 4 is 17.4 Å². The molecular formula is C23H20N2O4. The number of nitrogens with zero attached hydrogens (tertiary/aromatic N) is 2. The molecule has 0 saturated carbocycles. The average molecular weight is 388 g/mol. The number of benzene rings is 2. The molecule has 4 rings (SSSR count). The Bertz CT molecular complexity index is 1150. The number of carbonyl (C=O) groups excluding carboxylic acids is 2. The third-order valence-electron chi connectivity index (χ3n) is 5.21. The molecule has 0 atom stereocenters. The highest BCUT2D eigenvalue weighted by atomic mass is 16.3. The molecule has 1 heterocycles. The number of phenols is 1. The Kier molecular flexibility index (Phi) is 4.76. The van der Waals surface area contributed by atoms with Crippen LogP contribution in [0.2, 0.25) is 0 Å². The number of aromatic hydroxyl groups is 1. The van der Waals surface area contributed by atoms with Gasteiger partial charge in [0.15, 0.2) is 5.78 Å². The molecule has 0 fully saturated rings. The van der Waals surface area contributed by atoms with E-state index in [-0.39, 0.29) is 17.1 Å². The van der Waals surface area contributed by atoms with Crippen LogP contribution in [0.5, 0.6) is 5.75 Å². The molecule has 1 aliphatic carbocycles. The first-order valence-corrected chi connectivity index (χ1v) is 9.42. The lowest BCUT2D eigenvalue weighted by molar-refractivity contribution is 0.0971. The molecule has 1 N–H and O–H groups in total. The summed E-state index contributed by atoms with van der Waals surface area (Å²) in [5.74, 6) is -0.482. The summed E-state index contributed by atoms with van der Waals surface area (Å²) in [6.45, 7) is 0. The van der Waals surface area contributed by atoms with Crippen molar-refractivity contribution in [3.63, 3.8) is 0 Å². The van der Waals surface area contributed by atoms with Gasteiger partial charge in [-0.15, -0.1) is 0 Å². The third kappa shape index (κ3) is 3.33. The van der Waals surface area contributed by atoms with E-state index >= 15 is 0 Å². The highest BCUT2D eigenvalue weighted by Gasteiger charge is 2.27. The molecule has 0 aliphatic heterocycles. The molecule has 0 unspecified atom stereocenters. The first-order chi connectivity index (χ1) is 14.0. The summed E-state index contributed by atoms with van der Waals surface area (Å²) in [6, 6.07) is 16.6. The molecule has 6 heteroatoms. The van der Waals surface area contributed by atoms with Gasteiger partial charge in [-0.05, 0) is 55.3 Å². The highest BCUT2D eigenvalue weighted by molar-refractivity contribution is 6.08. The van der Waals surface area contributed by atoms with Crippen LogP contribution in [0.25, 0.3) is 5.69 Å². The number of hydrogen-bond acceptors (Lipinski definition) is 4. The summed E-state index contributed by atoms with van der Waals surface area (Å²) in [5.41, 5.74) is 1.75. The Labute approximate surface area is 167 Å². The molecule has 1 aliphatic rings. The maximum absolute atomic E-state index is 13.3. The van der Waals surface area contributed by atoms with Crippen LogP contribution >= 0.6 is 0 Å². The van der Waals surface area contributed by atoms with Crippen molar-refractivity contribution in [2.75, 3.05) is 11.9 Å². The van der Waals surface area contributed by atoms with Crippen molar-refractivity contribution in [1.29, 1.82) is 0 Å². The molecule has 0 saturated heterocycles. The number of para-hydroxylation sites is 1. The topological polar surface area (TPSA) is 79.6 Å². The van der Waals surface area contributed by atoms with Gasteiger partial charge in [-0.2, -0.15) is 0 Å². The molecule has 0 spiro atoms. The Hall–Kier alpha value is -3.67. The molecule has 29 heavy (non-hydrogen) atoms. The fourth-order valence-electron chi connectivity index (χ4n) is 3.67. The lowest BCUT2D eigenvalue weighted by Gasteiger charge is -2.23. The molecule has 0 bridgehead atoms. The minimum absolute atomic E-state index is 0.0570. The predicted molar refractivity (Wildman–Crippen MR) is 110 cm³/mol. The van der Waals surface area contributed by atoms with E-state index in [0.29, 0.717) is 41.9 Å². The summed E-state index contributed by atoms with van der Waals surface area (Å²) in [4.78, 5) is 40.4. The fourth-order valence-corrected chi connectivity index (χ4v) is 3.67. The van der Waals surface area contributed by atoms with Gasteiger partial charge in [-0.1, -0.05) is 18.2 Å². The zero-order valence-corrected chi connectivity index (χ0v) is 16.0. The van der Waals surface area contributed by atoms with Crippen LogP contribution in [-0.4, -0.2) is 28.4 Å². The van der Waals surface area contributed by atoms with Crippen LogP contribution in [0.4, 0.5) is 5.69 Å². The first-order valence-electron chi connectivity index (χ1n) is 9.42. The minimum Gasteiger partial charge on any atom is -0.508 e. The number of Topliss-reactive ketones (excluding diaryl/α,β-unsaturated/α-hetero) is 1. The smallest absolute Gasteiger partial charge is 0.268 e. The Balaban J connectivity index is 1.89. The molecule has 6 nitrogen and oxygen atoms in total. The largest absolute Gasteiger partial charge is 0.508 e. The van der Waals surface area contributed by atoms with Gasteiger partial charge in [0, 0.05) is 36.1 Å². The second-order valence-corrected chi connectivity index (χ2v) is 7.05. The number of phenolic OH excluding ortho intramolecular Hbond substituents is 1. The standard InChI is InChI=1S/C23H20N2O4/c1-24(15-10-12-17(26)13-11-15)22(28)19-14-18-20(8-5-9-21(18)27)25(23(19)29)16-6-3-2-4-7-16/h2-4,6-7,10-14,26H,5,8-9H2,1H3. The monoisotopic (exact) mass is 388 g/mol. The van der Waals surface area contributed by atoms with Gasteiger partial charge in [-0.25, -0.2) is 0 Å². The van der Waals surface area contributed by atoms with Gasteiger partial charge in [0.2, 0.25) is 0 Å². The van der Waals surface area contributed by atoms with Crippen molar-refractivity contribution in [1.82, 2.24) is 4.57 Å². The highest BCUT2D eigenvalue weighted by Crippen LogP contribution is 2.25. The van der Waals surface area contributed by atoms with E-state index in [9.17, 15) is 19.5 Å². The van der Waals surface area contributed by atoms with Crippen molar-refractivity contribution in [3.05, 3.63) is 87.8 Å². The quantitative estimate of drug-likeness (QED) is 0.746. The van der Waals surface area contributed by atoms with Crippen molar-refractivity contribution < 1.29 is 14.7 Å². The summed E-state index contributed by atoms with van der Waals surface area (Å²) in [6.07, 6.45) is 1.69. The molecule has 1 aromatic heterocycles. The second-order valence-electron chi connectivity index (χ2n) is 7.05.